The molecule has 0 atom stereocenters. The molecule has 7 nitrogen and oxygen atoms in total. The summed E-state index contributed by atoms with van der Waals surface area (Å²) in [6.45, 7) is 10.5. The SMILES string of the molecule is CCNC(=NCc1ccc(-n2cncn2)cc1)NC1CCN(C(C)C)CC1. The third-order valence-electron chi connectivity index (χ3n) is 4.98. The lowest BCUT2D eigenvalue weighted by atomic mass is 10.0. The van der Waals surface area contributed by atoms with Gasteiger partial charge in [-0.2, -0.15) is 5.10 Å². The van der Waals surface area contributed by atoms with Crippen molar-refractivity contribution in [2.75, 3.05) is 19.6 Å². The molecule has 3 rings (SSSR count). The second-order valence-corrected chi connectivity index (χ2v) is 7.25. The Morgan fingerprint density at radius 3 is 2.56 bits per heavy atom. The van der Waals surface area contributed by atoms with E-state index in [9.17, 15) is 0 Å². The lowest BCUT2D eigenvalue weighted by Crippen LogP contribution is -2.49. The molecular weight excluding hydrogens is 338 g/mol. The summed E-state index contributed by atoms with van der Waals surface area (Å²) in [5.74, 6) is 0.904. The lowest BCUT2D eigenvalue weighted by molar-refractivity contribution is 0.167. The van der Waals surface area contributed by atoms with Gasteiger partial charge in [0.2, 0.25) is 0 Å². The minimum Gasteiger partial charge on any atom is -0.357 e. The summed E-state index contributed by atoms with van der Waals surface area (Å²) in [6.07, 6.45) is 5.56. The van der Waals surface area contributed by atoms with Crippen LogP contribution in [0.2, 0.25) is 0 Å². The molecule has 2 heterocycles. The van der Waals surface area contributed by atoms with E-state index in [2.05, 4.69) is 58.5 Å². The number of aliphatic imine (C=N–C) groups is 1. The van der Waals surface area contributed by atoms with E-state index in [1.165, 1.54) is 11.9 Å². The molecule has 0 unspecified atom stereocenters. The average Bonchev–Trinajstić information content (AvgIpc) is 3.22. The fourth-order valence-corrected chi connectivity index (χ4v) is 3.34. The van der Waals surface area contributed by atoms with E-state index in [0.717, 1.165) is 44.1 Å². The first kappa shape index (κ1) is 19.4. The van der Waals surface area contributed by atoms with E-state index in [1.807, 2.05) is 12.1 Å². The van der Waals surface area contributed by atoms with Crippen LogP contribution in [-0.2, 0) is 6.54 Å². The number of rotatable bonds is 6. The summed E-state index contributed by atoms with van der Waals surface area (Å²) in [7, 11) is 0. The molecule has 2 aromatic rings. The number of guanidine groups is 1. The average molecular weight is 370 g/mol. The van der Waals surface area contributed by atoms with E-state index >= 15 is 0 Å². The normalized spacial score (nSPS) is 16.7. The molecule has 0 amide bonds. The summed E-state index contributed by atoms with van der Waals surface area (Å²) < 4.78 is 1.75. The third kappa shape index (κ3) is 5.53. The molecule has 1 aliphatic rings. The number of hydrogen-bond donors (Lipinski definition) is 2. The van der Waals surface area contributed by atoms with Gasteiger partial charge >= 0.3 is 0 Å². The Bertz CT molecular complexity index is 698. The number of hydrogen-bond acceptors (Lipinski definition) is 4. The van der Waals surface area contributed by atoms with Crippen LogP contribution >= 0.6 is 0 Å². The van der Waals surface area contributed by atoms with Crippen LogP contribution in [0.1, 0.15) is 39.2 Å². The Morgan fingerprint density at radius 2 is 1.96 bits per heavy atom. The lowest BCUT2D eigenvalue weighted by Gasteiger charge is -2.35. The van der Waals surface area contributed by atoms with Crippen molar-refractivity contribution in [2.45, 2.75) is 52.2 Å². The van der Waals surface area contributed by atoms with Crippen LogP contribution in [0.4, 0.5) is 0 Å². The zero-order chi connectivity index (χ0) is 19.1. The molecule has 27 heavy (non-hydrogen) atoms. The Balaban J connectivity index is 1.56. The van der Waals surface area contributed by atoms with Crippen LogP contribution in [0.15, 0.2) is 41.9 Å². The summed E-state index contributed by atoms with van der Waals surface area (Å²) in [6, 6.07) is 9.39. The van der Waals surface area contributed by atoms with Crippen LogP contribution in [0.5, 0.6) is 0 Å². The summed E-state index contributed by atoms with van der Waals surface area (Å²) in [5.41, 5.74) is 2.17. The second-order valence-electron chi connectivity index (χ2n) is 7.25. The largest absolute Gasteiger partial charge is 0.357 e. The van der Waals surface area contributed by atoms with Crippen LogP contribution in [0, 0.1) is 0 Å². The molecule has 1 aromatic carbocycles. The van der Waals surface area contributed by atoms with Crippen molar-refractivity contribution in [2.24, 2.45) is 4.99 Å². The van der Waals surface area contributed by atoms with Gasteiger partial charge in [-0.1, -0.05) is 12.1 Å². The molecule has 0 aliphatic carbocycles. The Morgan fingerprint density at radius 1 is 1.22 bits per heavy atom. The van der Waals surface area contributed by atoms with E-state index in [-0.39, 0.29) is 0 Å². The first-order valence-corrected chi connectivity index (χ1v) is 9.88. The molecule has 0 bridgehead atoms. The van der Waals surface area contributed by atoms with Gasteiger partial charge < -0.3 is 15.5 Å². The molecule has 1 saturated heterocycles. The van der Waals surface area contributed by atoms with Crippen molar-refractivity contribution in [3.63, 3.8) is 0 Å². The molecule has 0 radical (unpaired) electrons. The van der Waals surface area contributed by atoms with E-state index in [1.54, 1.807) is 11.0 Å². The van der Waals surface area contributed by atoms with Crippen molar-refractivity contribution < 1.29 is 0 Å². The van der Waals surface area contributed by atoms with Gasteiger partial charge in [0.05, 0.1) is 12.2 Å². The van der Waals surface area contributed by atoms with Crippen LogP contribution < -0.4 is 10.6 Å². The van der Waals surface area contributed by atoms with Crippen molar-refractivity contribution in [3.8, 4) is 5.69 Å². The third-order valence-corrected chi connectivity index (χ3v) is 4.98. The van der Waals surface area contributed by atoms with Gasteiger partial charge in [0.1, 0.15) is 12.7 Å². The Hall–Kier alpha value is -2.41. The summed E-state index contributed by atoms with van der Waals surface area (Å²) >= 11 is 0. The number of nitrogens with zero attached hydrogens (tertiary/aromatic N) is 5. The smallest absolute Gasteiger partial charge is 0.191 e. The standard InChI is InChI=1S/C20H31N7/c1-4-22-20(25-18-9-11-26(12-10-18)16(2)3)23-13-17-5-7-19(8-6-17)27-15-21-14-24-27/h5-8,14-16,18H,4,9-13H2,1-3H3,(H2,22,23,25). The van der Waals surface area contributed by atoms with Crippen molar-refractivity contribution in [1.82, 2.24) is 30.3 Å². The maximum Gasteiger partial charge on any atom is 0.191 e. The Kier molecular flexibility index (Phi) is 6.81. The highest BCUT2D eigenvalue weighted by atomic mass is 15.3. The highest BCUT2D eigenvalue weighted by molar-refractivity contribution is 5.80. The highest BCUT2D eigenvalue weighted by Gasteiger charge is 2.21. The molecule has 1 fully saturated rings. The first-order valence-electron chi connectivity index (χ1n) is 9.88. The van der Waals surface area contributed by atoms with E-state index < -0.39 is 0 Å². The van der Waals surface area contributed by atoms with Crippen LogP contribution in [0.25, 0.3) is 5.69 Å². The van der Waals surface area contributed by atoms with Gasteiger partial charge in [-0.3, -0.25) is 0 Å². The zero-order valence-electron chi connectivity index (χ0n) is 16.6. The van der Waals surface area contributed by atoms with Crippen LogP contribution in [0.3, 0.4) is 0 Å². The molecular formula is C20H31N7. The Labute approximate surface area is 161 Å². The monoisotopic (exact) mass is 369 g/mol. The van der Waals surface area contributed by atoms with Crippen molar-refractivity contribution in [3.05, 3.63) is 42.5 Å². The molecule has 7 heteroatoms. The maximum absolute atomic E-state index is 4.77. The first-order chi connectivity index (χ1) is 13.2. The van der Waals surface area contributed by atoms with Gasteiger partial charge in [-0.25, -0.2) is 14.7 Å². The molecule has 1 aromatic heterocycles. The van der Waals surface area contributed by atoms with Gasteiger partial charge in [0.15, 0.2) is 5.96 Å². The van der Waals surface area contributed by atoms with Crippen molar-refractivity contribution >= 4 is 5.96 Å². The number of aromatic nitrogens is 3. The minimum absolute atomic E-state index is 0.493. The van der Waals surface area contributed by atoms with Gasteiger partial charge in [-0.05, 0) is 51.3 Å². The van der Waals surface area contributed by atoms with Gasteiger partial charge in [0, 0.05) is 31.7 Å². The second kappa shape index (κ2) is 9.50. The fourth-order valence-electron chi connectivity index (χ4n) is 3.34. The predicted octanol–water partition coefficient (Wildman–Crippen LogP) is 2.20. The predicted molar refractivity (Wildman–Crippen MR) is 109 cm³/mol. The van der Waals surface area contributed by atoms with Gasteiger partial charge in [0.25, 0.3) is 0 Å². The molecule has 2 N–H and O–H groups in total. The molecule has 0 saturated carbocycles. The minimum atomic E-state index is 0.493. The van der Waals surface area contributed by atoms with E-state index in [4.69, 9.17) is 4.99 Å². The van der Waals surface area contributed by atoms with Crippen LogP contribution in [-0.4, -0.2) is 57.3 Å². The summed E-state index contributed by atoms with van der Waals surface area (Å²) in [5, 5.41) is 11.1. The molecule has 0 spiro atoms. The quantitative estimate of drug-likeness (QED) is 0.603. The number of benzene rings is 1. The zero-order valence-corrected chi connectivity index (χ0v) is 16.6. The fraction of sp³-hybridized carbons (Fsp3) is 0.550. The number of piperidine rings is 1. The van der Waals surface area contributed by atoms with Crippen molar-refractivity contribution in [1.29, 1.82) is 0 Å². The molecule has 1 aliphatic heterocycles. The summed E-state index contributed by atoms with van der Waals surface area (Å²) in [4.78, 5) is 11.3. The van der Waals surface area contributed by atoms with Gasteiger partial charge in [-0.15, -0.1) is 0 Å². The number of nitrogens with one attached hydrogen (secondary N) is 2. The maximum atomic E-state index is 4.77. The topological polar surface area (TPSA) is 70.4 Å². The number of likely N-dealkylation sites (tertiary alicyclic amines) is 1. The van der Waals surface area contributed by atoms with E-state index in [0.29, 0.717) is 18.6 Å². The molecule has 146 valence electrons. The highest BCUT2D eigenvalue weighted by Crippen LogP contribution is 2.13.